The predicted molar refractivity (Wildman–Crippen MR) is 31.7 cm³/mol. The number of nitrogens with zero attached hydrogens (tertiary/aromatic N) is 1. The number of nitrogens with two attached hydrogens (primary N) is 1. The molecule has 42 valence electrons. The van der Waals surface area contributed by atoms with Gasteiger partial charge in [0.1, 0.15) is 0 Å². The Labute approximate surface area is 49.3 Å². The molecule has 0 aromatic carbocycles. The van der Waals surface area contributed by atoms with Crippen LogP contribution in [0.3, 0.4) is 0 Å². The Morgan fingerprint density at radius 2 is 2.38 bits per heavy atom. The number of terminal acetylenes is 1. The molecule has 0 fully saturated rings. The van der Waals surface area contributed by atoms with Crippen molar-refractivity contribution >= 4 is 0 Å². The molecule has 0 aliphatic heterocycles. The van der Waals surface area contributed by atoms with Crippen LogP contribution in [0.5, 0.6) is 0 Å². The van der Waals surface area contributed by atoms with E-state index in [4.69, 9.17) is 17.4 Å². The zero-order chi connectivity index (χ0) is 6.41. The molecule has 2 N–H and O–H groups in total. The van der Waals surface area contributed by atoms with Crippen molar-refractivity contribution in [2.75, 3.05) is 0 Å². The molecule has 0 radical (unpaired) electrons. The van der Waals surface area contributed by atoms with Crippen molar-refractivity contribution in [1.82, 2.24) is 0 Å². The Hall–Kier alpha value is -0.990. The first-order chi connectivity index (χ1) is 3.81. The molecule has 0 rings (SSSR count). The highest BCUT2D eigenvalue weighted by Crippen LogP contribution is 1.88. The van der Waals surface area contributed by atoms with Crippen LogP contribution < -0.4 is 5.73 Å². The second kappa shape index (κ2) is 4.18. The van der Waals surface area contributed by atoms with Gasteiger partial charge in [-0.25, -0.2) is 0 Å². The first-order valence-corrected chi connectivity index (χ1v) is 2.40. The molecule has 0 spiro atoms. The summed E-state index contributed by atoms with van der Waals surface area (Å²) in [5, 5.41) is 8.12. The van der Waals surface area contributed by atoms with Gasteiger partial charge in [0.05, 0.1) is 12.1 Å². The highest BCUT2D eigenvalue weighted by molar-refractivity contribution is 4.92. The lowest BCUT2D eigenvalue weighted by atomic mass is 10.2. The van der Waals surface area contributed by atoms with E-state index in [2.05, 4.69) is 5.92 Å². The Kier molecular flexibility index (Phi) is 3.66. The maximum absolute atomic E-state index is 8.12. The van der Waals surface area contributed by atoms with Crippen LogP contribution in [0.15, 0.2) is 0 Å². The van der Waals surface area contributed by atoms with E-state index in [-0.39, 0.29) is 6.04 Å². The summed E-state index contributed by atoms with van der Waals surface area (Å²) in [5.41, 5.74) is 5.20. The van der Waals surface area contributed by atoms with Gasteiger partial charge in [-0.05, 0) is 6.42 Å². The summed E-state index contributed by atoms with van der Waals surface area (Å²) < 4.78 is 0. The Morgan fingerprint density at radius 3 is 2.75 bits per heavy atom. The van der Waals surface area contributed by atoms with Crippen molar-refractivity contribution in [2.24, 2.45) is 5.73 Å². The SMILES string of the molecule is C#CCC[C@@H](N)C#N. The third-order valence-electron chi connectivity index (χ3n) is 0.766. The molecule has 8 heavy (non-hydrogen) atoms. The molecule has 2 nitrogen and oxygen atoms in total. The maximum Gasteiger partial charge on any atom is 0.0937 e. The van der Waals surface area contributed by atoms with Gasteiger partial charge in [-0.1, -0.05) is 0 Å². The van der Waals surface area contributed by atoms with Gasteiger partial charge in [-0.15, -0.1) is 12.3 Å². The molecule has 2 heteroatoms. The molecule has 1 atom stereocenters. The van der Waals surface area contributed by atoms with Crippen molar-refractivity contribution in [1.29, 1.82) is 5.26 Å². The van der Waals surface area contributed by atoms with Gasteiger partial charge in [0, 0.05) is 6.42 Å². The number of rotatable bonds is 2. The molecular formula is C6H8N2. The fourth-order valence-electron chi connectivity index (χ4n) is 0.303. The van der Waals surface area contributed by atoms with Crippen LogP contribution in [-0.4, -0.2) is 6.04 Å². The van der Waals surface area contributed by atoms with Crippen molar-refractivity contribution in [3.63, 3.8) is 0 Å². The smallest absolute Gasteiger partial charge is 0.0937 e. The summed E-state index contributed by atoms with van der Waals surface area (Å²) in [6.07, 6.45) is 6.11. The number of hydrogen-bond acceptors (Lipinski definition) is 2. The monoisotopic (exact) mass is 108 g/mol. The normalized spacial score (nSPS) is 11.4. The van der Waals surface area contributed by atoms with E-state index in [1.807, 2.05) is 6.07 Å². The topological polar surface area (TPSA) is 49.8 Å². The summed E-state index contributed by atoms with van der Waals surface area (Å²) in [5.74, 6) is 2.40. The minimum atomic E-state index is -0.383. The van der Waals surface area contributed by atoms with Crippen LogP contribution in [0.1, 0.15) is 12.8 Å². The quantitative estimate of drug-likeness (QED) is 0.515. The lowest BCUT2D eigenvalue weighted by Crippen LogP contribution is -2.16. The van der Waals surface area contributed by atoms with E-state index in [1.54, 1.807) is 0 Å². The molecule has 0 aliphatic rings. The molecule has 0 aromatic rings. The molecule has 0 unspecified atom stereocenters. The summed E-state index contributed by atoms with van der Waals surface area (Å²) >= 11 is 0. The molecule has 0 aliphatic carbocycles. The van der Waals surface area contributed by atoms with E-state index >= 15 is 0 Å². The summed E-state index contributed by atoms with van der Waals surface area (Å²) in [7, 11) is 0. The first kappa shape index (κ1) is 7.01. The van der Waals surface area contributed by atoms with Gasteiger partial charge >= 0.3 is 0 Å². The van der Waals surface area contributed by atoms with Gasteiger partial charge in [-0.3, -0.25) is 0 Å². The van der Waals surface area contributed by atoms with Crippen LogP contribution >= 0.6 is 0 Å². The Balaban J connectivity index is 3.18. The molecule has 0 saturated heterocycles. The lowest BCUT2D eigenvalue weighted by molar-refractivity contribution is 0.754. The highest BCUT2D eigenvalue weighted by Gasteiger charge is 1.94. The van der Waals surface area contributed by atoms with Crippen LogP contribution in [0, 0.1) is 23.7 Å². The minimum absolute atomic E-state index is 0.383. The molecular weight excluding hydrogens is 100 g/mol. The van der Waals surface area contributed by atoms with Gasteiger partial charge in [-0.2, -0.15) is 5.26 Å². The average molecular weight is 108 g/mol. The standard InChI is InChI=1S/C6H8N2/c1-2-3-4-6(8)5-7/h1,6H,3-4,8H2/t6-/m1/s1. The van der Waals surface area contributed by atoms with E-state index in [9.17, 15) is 0 Å². The summed E-state index contributed by atoms with van der Waals surface area (Å²) in [4.78, 5) is 0. The molecule has 0 aromatic heterocycles. The lowest BCUT2D eigenvalue weighted by Gasteiger charge is -1.93. The summed E-state index contributed by atoms with van der Waals surface area (Å²) in [6, 6.07) is 1.50. The second-order valence-corrected chi connectivity index (χ2v) is 1.48. The molecule has 0 saturated carbocycles. The van der Waals surface area contributed by atoms with Gasteiger partial charge in [0.15, 0.2) is 0 Å². The molecule has 0 amide bonds. The predicted octanol–water partition coefficient (Wildman–Crippen LogP) is 0.251. The van der Waals surface area contributed by atoms with Gasteiger partial charge in [0.2, 0.25) is 0 Å². The zero-order valence-corrected chi connectivity index (χ0v) is 4.59. The van der Waals surface area contributed by atoms with Crippen LogP contribution in [0.2, 0.25) is 0 Å². The third-order valence-corrected chi connectivity index (χ3v) is 0.766. The van der Waals surface area contributed by atoms with Gasteiger partial charge < -0.3 is 5.73 Å². The summed E-state index contributed by atoms with van der Waals surface area (Å²) in [6.45, 7) is 0. The van der Waals surface area contributed by atoms with Crippen LogP contribution in [0.25, 0.3) is 0 Å². The van der Waals surface area contributed by atoms with Crippen LogP contribution in [0.4, 0.5) is 0 Å². The zero-order valence-electron chi connectivity index (χ0n) is 4.59. The Morgan fingerprint density at radius 1 is 1.75 bits per heavy atom. The molecule has 0 bridgehead atoms. The molecule has 0 heterocycles. The van der Waals surface area contributed by atoms with E-state index in [1.165, 1.54) is 0 Å². The average Bonchev–Trinajstić information content (AvgIpc) is 1.83. The third kappa shape index (κ3) is 3.21. The minimum Gasteiger partial charge on any atom is -0.316 e. The maximum atomic E-state index is 8.12. The second-order valence-electron chi connectivity index (χ2n) is 1.48. The van der Waals surface area contributed by atoms with Crippen molar-refractivity contribution in [3.8, 4) is 18.4 Å². The van der Waals surface area contributed by atoms with Gasteiger partial charge in [0.25, 0.3) is 0 Å². The van der Waals surface area contributed by atoms with E-state index in [0.29, 0.717) is 12.8 Å². The number of hydrogen-bond donors (Lipinski definition) is 1. The van der Waals surface area contributed by atoms with Crippen molar-refractivity contribution in [2.45, 2.75) is 18.9 Å². The fraction of sp³-hybridized carbons (Fsp3) is 0.500. The van der Waals surface area contributed by atoms with Crippen molar-refractivity contribution < 1.29 is 0 Å². The van der Waals surface area contributed by atoms with E-state index < -0.39 is 0 Å². The number of nitriles is 1. The highest BCUT2D eigenvalue weighted by atomic mass is 14.6. The van der Waals surface area contributed by atoms with E-state index in [0.717, 1.165) is 0 Å². The largest absolute Gasteiger partial charge is 0.316 e. The fourth-order valence-corrected chi connectivity index (χ4v) is 0.303. The Bertz CT molecular complexity index is 126. The van der Waals surface area contributed by atoms with Crippen molar-refractivity contribution in [3.05, 3.63) is 0 Å². The first-order valence-electron chi connectivity index (χ1n) is 2.40. The van der Waals surface area contributed by atoms with Crippen LogP contribution in [-0.2, 0) is 0 Å².